The molecule has 3 rings (SSSR count). The first kappa shape index (κ1) is 20.6. The molecule has 2 aromatic carbocycles. The molecule has 0 unspecified atom stereocenters. The minimum Gasteiger partial charge on any atom is -0.493 e. The summed E-state index contributed by atoms with van der Waals surface area (Å²) in [5.74, 6) is 0.180. The summed E-state index contributed by atoms with van der Waals surface area (Å²) in [6, 6.07) is 13.3. The minimum absolute atomic E-state index is 0.196. The summed E-state index contributed by atoms with van der Waals surface area (Å²) in [5, 5.41) is 11.9. The van der Waals surface area contributed by atoms with Crippen molar-refractivity contribution in [1.29, 1.82) is 5.26 Å². The van der Waals surface area contributed by atoms with Gasteiger partial charge in [-0.25, -0.2) is 4.39 Å². The molecule has 152 valence electrons. The molecule has 0 spiro atoms. The molecular formula is C22H23FN2O4. The highest BCUT2D eigenvalue weighted by atomic mass is 19.1. The van der Waals surface area contributed by atoms with E-state index in [1.54, 1.807) is 24.3 Å². The Bertz CT molecular complexity index is 904. The molecule has 0 radical (unpaired) electrons. The van der Waals surface area contributed by atoms with Gasteiger partial charge in [-0.05, 0) is 42.7 Å². The third kappa shape index (κ3) is 5.04. The van der Waals surface area contributed by atoms with Gasteiger partial charge >= 0.3 is 0 Å². The minimum atomic E-state index is -0.373. The second-order valence-electron chi connectivity index (χ2n) is 6.95. The van der Waals surface area contributed by atoms with E-state index >= 15 is 0 Å². The van der Waals surface area contributed by atoms with Gasteiger partial charge in [-0.3, -0.25) is 4.79 Å². The Balaban J connectivity index is 1.63. The Kier molecular flexibility index (Phi) is 6.68. The van der Waals surface area contributed by atoms with Crippen molar-refractivity contribution in [2.75, 3.05) is 33.5 Å². The van der Waals surface area contributed by atoms with Gasteiger partial charge in [0, 0.05) is 31.2 Å². The lowest BCUT2D eigenvalue weighted by Crippen LogP contribution is -2.45. The Labute approximate surface area is 169 Å². The van der Waals surface area contributed by atoms with Crippen LogP contribution >= 0.6 is 0 Å². The summed E-state index contributed by atoms with van der Waals surface area (Å²) >= 11 is 0. The number of hydrogen-bond donors (Lipinski definition) is 1. The molecule has 1 aliphatic heterocycles. The SMILES string of the molecule is COc1cc(C#N)ccc1OCC(=O)NCC1(c2cccc(F)c2)CCOCC1. The third-order valence-corrected chi connectivity index (χ3v) is 5.16. The number of nitriles is 1. The molecule has 1 amide bonds. The molecular weight excluding hydrogens is 375 g/mol. The second kappa shape index (κ2) is 9.39. The molecule has 2 aromatic rings. The number of carbonyl (C=O) groups excluding carboxylic acids is 1. The smallest absolute Gasteiger partial charge is 0.257 e. The monoisotopic (exact) mass is 398 g/mol. The van der Waals surface area contributed by atoms with Gasteiger partial charge in [-0.2, -0.15) is 5.26 Å². The first-order valence-corrected chi connectivity index (χ1v) is 9.38. The third-order valence-electron chi connectivity index (χ3n) is 5.16. The first-order valence-electron chi connectivity index (χ1n) is 9.38. The van der Waals surface area contributed by atoms with E-state index in [9.17, 15) is 9.18 Å². The van der Waals surface area contributed by atoms with Gasteiger partial charge in [0.2, 0.25) is 0 Å². The number of amides is 1. The van der Waals surface area contributed by atoms with Gasteiger partial charge in [0.15, 0.2) is 18.1 Å². The van der Waals surface area contributed by atoms with Gasteiger partial charge in [0.25, 0.3) is 5.91 Å². The zero-order chi connectivity index (χ0) is 20.7. The van der Waals surface area contributed by atoms with Crippen LogP contribution < -0.4 is 14.8 Å². The van der Waals surface area contributed by atoms with Crippen LogP contribution in [0.15, 0.2) is 42.5 Å². The van der Waals surface area contributed by atoms with Crippen LogP contribution in [0.4, 0.5) is 4.39 Å². The lowest BCUT2D eigenvalue weighted by Gasteiger charge is -2.38. The number of nitrogens with one attached hydrogen (secondary N) is 1. The molecule has 29 heavy (non-hydrogen) atoms. The summed E-state index contributed by atoms with van der Waals surface area (Å²) < 4.78 is 30.0. The van der Waals surface area contributed by atoms with E-state index in [-0.39, 0.29) is 23.7 Å². The van der Waals surface area contributed by atoms with Crippen molar-refractivity contribution in [3.05, 3.63) is 59.4 Å². The van der Waals surface area contributed by atoms with Crippen molar-refractivity contribution < 1.29 is 23.4 Å². The van der Waals surface area contributed by atoms with Crippen molar-refractivity contribution in [3.8, 4) is 17.6 Å². The number of nitrogens with zero attached hydrogens (tertiary/aromatic N) is 1. The van der Waals surface area contributed by atoms with E-state index in [2.05, 4.69) is 5.32 Å². The van der Waals surface area contributed by atoms with Crippen molar-refractivity contribution in [2.45, 2.75) is 18.3 Å². The number of rotatable bonds is 7. The maximum atomic E-state index is 13.8. The van der Waals surface area contributed by atoms with Crippen molar-refractivity contribution in [3.63, 3.8) is 0 Å². The Morgan fingerprint density at radius 1 is 1.24 bits per heavy atom. The zero-order valence-electron chi connectivity index (χ0n) is 16.2. The summed E-state index contributed by atoms with van der Waals surface area (Å²) in [6.07, 6.45) is 1.39. The first-order chi connectivity index (χ1) is 14.1. The number of benzene rings is 2. The normalized spacial score (nSPS) is 15.2. The number of halogens is 1. The number of hydrogen-bond acceptors (Lipinski definition) is 5. The van der Waals surface area contributed by atoms with E-state index in [1.165, 1.54) is 19.2 Å². The number of carbonyl (C=O) groups is 1. The highest BCUT2D eigenvalue weighted by Gasteiger charge is 2.35. The summed E-state index contributed by atoms with van der Waals surface area (Å²) in [7, 11) is 1.47. The summed E-state index contributed by atoms with van der Waals surface area (Å²) in [6.45, 7) is 1.29. The fourth-order valence-electron chi connectivity index (χ4n) is 3.47. The predicted molar refractivity (Wildman–Crippen MR) is 104 cm³/mol. The predicted octanol–water partition coefficient (Wildman–Crippen LogP) is 2.95. The van der Waals surface area contributed by atoms with E-state index < -0.39 is 0 Å². The number of ether oxygens (including phenoxy) is 3. The molecule has 1 heterocycles. The molecule has 1 N–H and O–H groups in total. The molecule has 0 aromatic heterocycles. The van der Waals surface area contributed by atoms with Crippen LogP contribution in [0, 0.1) is 17.1 Å². The largest absolute Gasteiger partial charge is 0.493 e. The topological polar surface area (TPSA) is 80.6 Å². The van der Waals surface area contributed by atoms with E-state index in [0.29, 0.717) is 49.7 Å². The lowest BCUT2D eigenvalue weighted by molar-refractivity contribution is -0.123. The molecule has 1 aliphatic rings. The van der Waals surface area contributed by atoms with Crippen LogP contribution in [0.25, 0.3) is 0 Å². The summed E-state index contributed by atoms with van der Waals surface area (Å²) in [5.41, 5.74) is 0.924. The van der Waals surface area contributed by atoms with Crippen LogP contribution in [-0.4, -0.2) is 39.4 Å². The van der Waals surface area contributed by atoms with Gasteiger partial charge in [0.1, 0.15) is 5.82 Å². The van der Waals surface area contributed by atoms with Crippen LogP contribution in [0.3, 0.4) is 0 Å². The van der Waals surface area contributed by atoms with Gasteiger partial charge < -0.3 is 19.5 Å². The van der Waals surface area contributed by atoms with Crippen molar-refractivity contribution in [2.24, 2.45) is 0 Å². The zero-order valence-corrected chi connectivity index (χ0v) is 16.2. The fraction of sp³-hybridized carbons (Fsp3) is 0.364. The molecule has 0 saturated carbocycles. The maximum absolute atomic E-state index is 13.8. The standard InChI is InChI=1S/C22H23FN2O4/c1-27-20-11-16(13-24)5-6-19(20)29-14-21(26)25-15-22(7-9-28-10-8-22)17-3-2-4-18(23)12-17/h2-6,11-12H,7-10,14-15H2,1H3,(H,25,26). The lowest BCUT2D eigenvalue weighted by atomic mass is 9.74. The van der Waals surface area contributed by atoms with E-state index in [1.807, 2.05) is 12.1 Å². The average Bonchev–Trinajstić information content (AvgIpc) is 2.76. The van der Waals surface area contributed by atoms with E-state index in [4.69, 9.17) is 19.5 Å². The van der Waals surface area contributed by atoms with Gasteiger partial charge in [-0.15, -0.1) is 0 Å². The van der Waals surface area contributed by atoms with Gasteiger partial charge in [-0.1, -0.05) is 12.1 Å². The maximum Gasteiger partial charge on any atom is 0.257 e. The van der Waals surface area contributed by atoms with Crippen molar-refractivity contribution >= 4 is 5.91 Å². The molecule has 0 atom stereocenters. The fourth-order valence-corrected chi connectivity index (χ4v) is 3.47. The highest BCUT2D eigenvalue weighted by Crippen LogP contribution is 2.34. The average molecular weight is 398 g/mol. The summed E-state index contributed by atoms with van der Waals surface area (Å²) in [4.78, 5) is 12.4. The molecule has 1 saturated heterocycles. The highest BCUT2D eigenvalue weighted by molar-refractivity contribution is 5.77. The Morgan fingerprint density at radius 3 is 2.72 bits per heavy atom. The van der Waals surface area contributed by atoms with Crippen LogP contribution in [0.1, 0.15) is 24.0 Å². The van der Waals surface area contributed by atoms with Gasteiger partial charge in [0.05, 0.1) is 18.7 Å². The molecule has 1 fully saturated rings. The molecule has 6 nitrogen and oxygen atoms in total. The molecule has 0 aliphatic carbocycles. The second-order valence-corrected chi connectivity index (χ2v) is 6.95. The van der Waals surface area contributed by atoms with Crippen LogP contribution in [-0.2, 0) is 14.9 Å². The molecule has 0 bridgehead atoms. The van der Waals surface area contributed by atoms with E-state index in [0.717, 1.165) is 5.56 Å². The Morgan fingerprint density at radius 2 is 2.03 bits per heavy atom. The quantitative estimate of drug-likeness (QED) is 0.776. The molecule has 7 heteroatoms. The number of methoxy groups -OCH3 is 1. The van der Waals surface area contributed by atoms with Crippen LogP contribution in [0.2, 0.25) is 0 Å². The van der Waals surface area contributed by atoms with Crippen LogP contribution in [0.5, 0.6) is 11.5 Å². The van der Waals surface area contributed by atoms with Crippen molar-refractivity contribution in [1.82, 2.24) is 5.32 Å². The Hall–Kier alpha value is -3.11.